The van der Waals surface area contributed by atoms with Crippen molar-refractivity contribution in [2.24, 2.45) is 0 Å². The Labute approximate surface area is 260 Å². The maximum absolute atomic E-state index is 13.6. The molecular weight excluding hydrogens is 610 g/mol. The summed E-state index contributed by atoms with van der Waals surface area (Å²) in [6.07, 6.45) is 1.62. The number of halogens is 1. The number of hydrogen-bond acceptors (Lipinski definition) is 10. The van der Waals surface area contributed by atoms with Gasteiger partial charge in [0.2, 0.25) is 5.13 Å². The first-order chi connectivity index (χ1) is 20.9. The molecule has 0 radical (unpaired) electrons. The fourth-order valence-corrected chi connectivity index (χ4v) is 6.65. The predicted molar refractivity (Wildman–Crippen MR) is 165 cm³/mol. The van der Waals surface area contributed by atoms with Gasteiger partial charge in [-0.3, -0.25) is 14.5 Å². The Bertz CT molecular complexity index is 1740. The number of hydrogen-bond donors (Lipinski definition) is 1. The molecule has 6 rings (SSSR count). The fourth-order valence-electron chi connectivity index (χ4n) is 4.70. The number of carbonyl (C=O) groups excluding carboxylic acids is 2. The van der Waals surface area contributed by atoms with E-state index in [4.69, 9.17) is 25.8 Å². The van der Waals surface area contributed by atoms with Crippen LogP contribution in [0.4, 0.5) is 5.13 Å². The minimum Gasteiger partial charge on any atom is -0.507 e. The first-order valence-corrected chi connectivity index (χ1v) is 15.4. The van der Waals surface area contributed by atoms with Crippen LogP contribution in [-0.4, -0.2) is 46.8 Å². The Morgan fingerprint density at radius 1 is 1.09 bits per heavy atom. The molecule has 1 fully saturated rings. The highest BCUT2D eigenvalue weighted by molar-refractivity contribution is 8.00. The van der Waals surface area contributed by atoms with E-state index < -0.39 is 17.7 Å². The number of thioether (sulfide) groups is 1. The van der Waals surface area contributed by atoms with Crippen LogP contribution in [0.5, 0.6) is 17.2 Å². The summed E-state index contributed by atoms with van der Waals surface area (Å²) in [6.45, 7) is 4.72. The number of amides is 1. The van der Waals surface area contributed by atoms with E-state index in [1.54, 1.807) is 48.5 Å². The third-order valence-corrected chi connectivity index (χ3v) is 9.06. The average molecular weight is 634 g/mol. The summed E-state index contributed by atoms with van der Waals surface area (Å²) in [5.41, 5.74) is 1.81. The largest absolute Gasteiger partial charge is 0.507 e. The third-order valence-electron chi connectivity index (χ3n) is 6.68. The Balaban J connectivity index is 1.39. The zero-order valence-corrected chi connectivity index (χ0v) is 25.0. The second-order valence-electron chi connectivity index (χ2n) is 9.47. The van der Waals surface area contributed by atoms with Gasteiger partial charge in [-0.15, -0.1) is 10.2 Å². The molecule has 1 amide bonds. The van der Waals surface area contributed by atoms with Gasteiger partial charge in [-0.2, -0.15) is 0 Å². The molecule has 1 aromatic heterocycles. The monoisotopic (exact) mass is 633 g/mol. The lowest BCUT2D eigenvalue weighted by Crippen LogP contribution is -2.29. The Hall–Kier alpha value is -4.32. The van der Waals surface area contributed by atoms with Crippen LogP contribution < -0.4 is 19.1 Å². The normalized spacial score (nSPS) is 17.2. The van der Waals surface area contributed by atoms with Crippen LogP contribution in [0.25, 0.3) is 5.76 Å². The summed E-state index contributed by atoms with van der Waals surface area (Å²) in [4.78, 5) is 28.5. The maximum Gasteiger partial charge on any atom is 0.301 e. The van der Waals surface area contributed by atoms with E-state index in [9.17, 15) is 14.7 Å². The van der Waals surface area contributed by atoms with Crippen molar-refractivity contribution >= 4 is 57.3 Å². The van der Waals surface area contributed by atoms with Crippen molar-refractivity contribution in [3.8, 4) is 17.2 Å². The number of rotatable bonds is 9. The lowest BCUT2D eigenvalue weighted by Gasteiger charge is -2.23. The first-order valence-electron chi connectivity index (χ1n) is 13.2. The molecule has 1 atom stereocenters. The Morgan fingerprint density at radius 3 is 2.67 bits per heavy atom. The van der Waals surface area contributed by atoms with E-state index >= 15 is 0 Å². The van der Waals surface area contributed by atoms with Crippen LogP contribution in [-0.2, 0) is 15.3 Å². The van der Waals surface area contributed by atoms with Crippen molar-refractivity contribution < 1.29 is 28.9 Å². The first kappa shape index (κ1) is 28.8. The van der Waals surface area contributed by atoms with Crippen LogP contribution in [0, 0.1) is 0 Å². The van der Waals surface area contributed by atoms with Crippen LogP contribution in [0.15, 0.2) is 89.3 Å². The molecule has 1 saturated heterocycles. The summed E-state index contributed by atoms with van der Waals surface area (Å²) < 4.78 is 17.6. The van der Waals surface area contributed by atoms with Crippen molar-refractivity contribution in [2.75, 3.05) is 24.7 Å². The van der Waals surface area contributed by atoms with Gasteiger partial charge in [-0.05, 0) is 53.6 Å². The molecule has 3 heterocycles. The molecule has 9 nitrogen and oxygen atoms in total. The lowest BCUT2D eigenvalue weighted by molar-refractivity contribution is -0.132. The molecular formula is C31H24ClN3O6S2. The topological polar surface area (TPSA) is 111 Å². The van der Waals surface area contributed by atoms with Crippen LogP contribution in [0.1, 0.15) is 22.7 Å². The molecule has 43 heavy (non-hydrogen) atoms. The average Bonchev–Trinajstić information content (AvgIpc) is 3.61. The molecule has 2 aliphatic heterocycles. The SMILES string of the molecule is C=CCOc1cccc([C@@H]2/C(=C(\O)c3ccc4c(c3)OCCO4)C(=O)C(=O)N2c2nnc(SCc3ccc(Cl)cc3)s2)c1. The van der Waals surface area contributed by atoms with Crippen LogP contribution in [0.2, 0.25) is 5.02 Å². The summed E-state index contributed by atoms with van der Waals surface area (Å²) in [7, 11) is 0. The summed E-state index contributed by atoms with van der Waals surface area (Å²) in [5.74, 6) is 0.0748. The minimum absolute atomic E-state index is 0.0897. The van der Waals surface area contributed by atoms with Gasteiger partial charge < -0.3 is 19.3 Å². The van der Waals surface area contributed by atoms with Crippen molar-refractivity contribution in [3.63, 3.8) is 0 Å². The zero-order chi connectivity index (χ0) is 29.9. The number of Topliss-reactive ketones (excluding diaryl/α,β-unsaturated/α-hetero) is 1. The van der Waals surface area contributed by atoms with Crippen molar-refractivity contribution in [1.82, 2.24) is 10.2 Å². The third kappa shape index (κ3) is 5.96. The summed E-state index contributed by atoms with van der Waals surface area (Å²) >= 11 is 8.63. The van der Waals surface area contributed by atoms with Gasteiger partial charge in [0.25, 0.3) is 5.78 Å². The molecule has 0 bridgehead atoms. The number of ketones is 1. The predicted octanol–water partition coefficient (Wildman–Crippen LogP) is 6.45. The second-order valence-corrected chi connectivity index (χ2v) is 12.1. The number of carbonyl (C=O) groups is 2. The molecule has 3 aromatic carbocycles. The van der Waals surface area contributed by atoms with E-state index in [-0.39, 0.29) is 23.1 Å². The standard InChI is InChI=1S/C31H24ClN3O6S2/c1-2-12-39-22-5-3-4-19(15-22)26-25(27(36)20-8-11-23-24(16-20)41-14-13-40-23)28(37)29(38)35(26)30-33-34-31(43-30)42-17-18-6-9-21(32)10-7-18/h2-11,15-16,26,36H,1,12-14,17H2/b27-25+/t26-/m1/s1. The molecule has 0 unspecified atom stereocenters. The quantitative estimate of drug-likeness (QED) is 0.0555. The highest BCUT2D eigenvalue weighted by Gasteiger charge is 2.48. The van der Waals surface area contributed by atoms with Gasteiger partial charge in [0.05, 0.1) is 11.6 Å². The highest BCUT2D eigenvalue weighted by Crippen LogP contribution is 2.45. The molecule has 12 heteroatoms. The van der Waals surface area contributed by atoms with Crippen molar-refractivity contribution in [1.29, 1.82) is 0 Å². The van der Waals surface area contributed by atoms with Crippen molar-refractivity contribution in [3.05, 3.63) is 107 Å². The lowest BCUT2D eigenvalue weighted by atomic mass is 9.95. The van der Waals surface area contributed by atoms with E-state index in [2.05, 4.69) is 16.8 Å². The van der Waals surface area contributed by atoms with Crippen LogP contribution in [0.3, 0.4) is 0 Å². The Morgan fingerprint density at radius 2 is 1.88 bits per heavy atom. The number of anilines is 1. The zero-order valence-electron chi connectivity index (χ0n) is 22.6. The number of fused-ring (bicyclic) bond motifs is 1. The molecule has 2 aliphatic rings. The number of nitrogens with zero attached hydrogens (tertiary/aromatic N) is 3. The molecule has 0 spiro atoms. The highest BCUT2D eigenvalue weighted by atomic mass is 35.5. The fraction of sp³-hybridized carbons (Fsp3) is 0.161. The van der Waals surface area contributed by atoms with E-state index in [0.717, 1.165) is 5.56 Å². The van der Waals surface area contributed by atoms with E-state index in [0.29, 0.717) is 56.7 Å². The van der Waals surface area contributed by atoms with Gasteiger partial charge in [-0.25, -0.2) is 0 Å². The number of aromatic nitrogens is 2. The number of aliphatic hydroxyl groups is 1. The second kappa shape index (κ2) is 12.5. The number of benzene rings is 3. The number of aliphatic hydroxyl groups excluding tert-OH is 1. The molecule has 1 N–H and O–H groups in total. The molecule has 218 valence electrons. The molecule has 4 aromatic rings. The van der Waals surface area contributed by atoms with E-state index in [1.807, 2.05) is 24.3 Å². The maximum atomic E-state index is 13.6. The summed E-state index contributed by atoms with van der Waals surface area (Å²) in [5, 5.41) is 21.0. The number of ether oxygens (including phenoxy) is 3. The molecule has 0 aliphatic carbocycles. The van der Waals surface area contributed by atoms with Gasteiger partial charge >= 0.3 is 5.91 Å². The minimum atomic E-state index is -0.998. The van der Waals surface area contributed by atoms with Gasteiger partial charge in [0.1, 0.15) is 31.3 Å². The Kier molecular flexibility index (Phi) is 8.37. The van der Waals surface area contributed by atoms with Gasteiger partial charge in [-0.1, -0.05) is 71.6 Å². The van der Waals surface area contributed by atoms with Gasteiger partial charge in [0.15, 0.2) is 15.8 Å². The van der Waals surface area contributed by atoms with Gasteiger partial charge in [0, 0.05) is 16.3 Å². The summed E-state index contributed by atoms with van der Waals surface area (Å²) in [6, 6.07) is 18.4. The molecule has 0 saturated carbocycles. The van der Waals surface area contributed by atoms with Crippen LogP contribution >= 0.6 is 34.7 Å². The van der Waals surface area contributed by atoms with Crippen molar-refractivity contribution in [2.45, 2.75) is 16.1 Å². The van der Waals surface area contributed by atoms with E-state index in [1.165, 1.54) is 28.0 Å². The smallest absolute Gasteiger partial charge is 0.301 e.